The molecule has 0 spiro atoms. The monoisotopic (exact) mass is 419 g/mol. The Balaban J connectivity index is 2.01. The summed E-state index contributed by atoms with van der Waals surface area (Å²) >= 11 is 0. The maximum Gasteiger partial charge on any atom is 0.330 e. The molecule has 0 saturated carbocycles. The number of rotatable bonds is 8. The molecule has 0 radical (unpaired) electrons. The van der Waals surface area contributed by atoms with Crippen molar-refractivity contribution in [3.8, 4) is 0 Å². The van der Waals surface area contributed by atoms with Crippen molar-refractivity contribution in [3.05, 3.63) is 50.9 Å². The highest BCUT2D eigenvalue weighted by Gasteiger charge is 2.17. The van der Waals surface area contributed by atoms with Gasteiger partial charge in [0.2, 0.25) is 0 Å². The number of nitrogens with one attached hydrogen (secondary N) is 2. The quantitative estimate of drug-likeness (QED) is 0.574. The van der Waals surface area contributed by atoms with Gasteiger partial charge in [0.05, 0.1) is 11.4 Å². The van der Waals surface area contributed by atoms with Crippen LogP contribution in [0.2, 0.25) is 0 Å². The van der Waals surface area contributed by atoms with Crippen molar-refractivity contribution < 1.29 is 8.42 Å². The predicted molar refractivity (Wildman–Crippen MR) is 112 cm³/mol. The number of hydrogen-bond donors (Lipinski definition) is 2. The summed E-state index contributed by atoms with van der Waals surface area (Å²) in [6.45, 7) is 5.18. The second-order valence-electron chi connectivity index (χ2n) is 6.86. The summed E-state index contributed by atoms with van der Waals surface area (Å²) in [5.74, 6) is 0.591. The molecule has 156 valence electrons. The molecule has 0 aliphatic rings. The van der Waals surface area contributed by atoms with Gasteiger partial charge in [-0.15, -0.1) is 0 Å². The molecule has 2 N–H and O–H groups in total. The number of nitrogens with zero attached hydrogens (tertiary/aromatic N) is 3. The third-order valence-electron chi connectivity index (χ3n) is 4.73. The fraction of sp³-hybridized carbons (Fsp3) is 0.421. The van der Waals surface area contributed by atoms with Crippen molar-refractivity contribution in [3.63, 3.8) is 0 Å². The molecule has 0 amide bonds. The molecule has 0 atom stereocenters. The Bertz CT molecular complexity index is 1250. The minimum Gasteiger partial charge on any atom is -0.378 e. The van der Waals surface area contributed by atoms with Gasteiger partial charge in [-0.05, 0) is 31.5 Å². The van der Waals surface area contributed by atoms with Crippen LogP contribution in [0.4, 0.5) is 5.69 Å². The van der Waals surface area contributed by atoms with E-state index in [1.54, 1.807) is 22.8 Å². The minimum absolute atomic E-state index is 0.219. The molecule has 0 saturated heterocycles. The topological polar surface area (TPSA) is 119 Å². The van der Waals surface area contributed by atoms with Crippen LogP contribution in [-0.4, -0.2) is 33.8 Å². The number of benzene rings is 1. The molecule has 29 heavy (non-hydrogen) atoms. The Hall–Kier alpha value is -2.88. The van der Waals surface area contributed by atoms with Crippen LogP contribution in [0.25, 0.3) is 11.2 Å². The highest BCUT2D eigenvalue weighted by atomic mass is 32.2. The van der Waals surface area contributed by atoms with E-state index in [0.29, 0.717) is 35.8 Å². The Morgan fingerprint density at radius 3 is 2.59 bits per heavy atom. The van der Waals surface area contributed by atoms with Gasteiger partial charge in [0.25, 0.3) is 5.56 Å². The number of aromatic amines is 1. The average molecular weight is 420 g/mol. The first-order valence-corrected chi connectivity index (χ1v) is 11.4. The summed E-state index contributed by atoms with van der Waals surface area (Å²) in [4.78, 5) is 31.9. The lowest BCUT2D eigenvalue weighted by Gasteiger charge is -2.09. The number of sulfone groups is 1. The van der Waals surface area contributed by atoms with Gasteiger partial charge in [-0.1, -0.05) is 19.4 Å². The van der Waals surface area contributed by atoms with Gasteiger partial charge >= 0.3 is 5.69 Å². The van der Waals surface area contributed by atoms with E-state index in [1.165, 1.54) is 10.6 Å². The van der Waals surface area contributed by atoms with Crippen molar-refractivity contribution >= 4 is 26.7 Å². The molecule has 10 heteroatoms. The number of H-pyrrole nitrogens is 1. The van der Waals surface area contributed by atoms with E-state index in [1.807, 2.05) is 13.8 Å². The van der Waals surface area contributed by atoms with Gasteiger partial charge in [-0.25, -0.2) is 18.2 Å². The lowest BCUT2D eigenvalue weighted by molar-refractivity contribution is 0.602. The van der Waals surface area contributed by atoms with Crippen molar-refractivity contribution in [2.75, 3.05) is 11.6 Å². The Labute approximate surface area is 168 Å². The highest BCUT2D eigenvalue weighted by Crippen LogP contribution is 2.17. The molecular formula is C19H25N5O4S. The number of aryl methyl sites for hydroxylation is 2. The van der Waals surface area contributed by atoms with Crippen molar-refractivity contribution in [2.45, 2.75) is 51.2 Å². The molecule has 0 bridgehead atoms. The Morgan fingerprint density at radius 1 is 1.17 bits per heavy atom. The fourth-order valence-electron chi connectivity index (χ4n) is 3.23. The van der Waals surface area contributed by atoms with Gasteiger partial charge < -0.3 is 9.88 Å². The standard InChI is InChI=1S/C19H25N5O4S/c1-4-6-10-24-17-16(18(25)22-19(24)26)23(5-2)15(21-17)12-20-13-8-7-9-14(11-13)29(3,27)28/h7-9,11,20H,4-6,10,12H2,1-3H3,(H,22,25,26). The van der Waals surface area contributed by atoms with Crippen molar-refractivity contribution in [2.24, 2.45) is 0 Å². The van der Waals surface area contributed by atoms with Crippen LogP contribution < -0.4 is 16.6 Å². The Kier molecular flexibility index (Phi) is 5.92. The largest absolute Gasteiger partial charge is 0.378 e. The molecule has 9 nitrogen and oxygen atoms in total. The zero-order valence-electron chi connectivity index (χ0n) is 16.7. The first kappa shape index (κ1) is 20.8. The molecule has 1 aromatic carbocycles. The first-order valence-electron chi connectivity index (χ1n) is 9.52. The summed E-state index contributed by atoms with van der Waals surface area (Å²) in [7, 11) is -3.31. The Morgan fingerprint density at radius 2 is 1.93 bits per heavy atom. The van der Waals surface area contributed by atoms with E-state index in [-0.39, 0.29) is 11.4 Å². The molecule has 2 heterocycles. The van der Waals surface area contributed by atoms with E-state index in [4.69, 9.17) is 0 Å². The van der Waals surface area contributed by atoms with Crippen molar-refractivity contribution in [1.82, 2.24) is 19.1 Å². The molecule has 3 aromatic rings. The molecule has 0 unspecified atom stereocenters. The second kappa shape index (κ2) is 8.24. The second-order valence-corrected chi connectivity index (χ2v) is 8.88. The maximum atomic E-state index is 12.4. The van der Waals surface area contributed by atoms with Crippen LogP contribution in [0.5, 0.6) is 0 Å². The van der Waals surface area contributed by atoms with Crippen molar-refractivity contribution in [1.29, 1.82) is 0 Å². The van der Waals surface area contributed by atoms with E-state index < -0.39 is 21.1 Å². The number of anilines is 1. The van der Waals surface area contributed by atoms with E-state index in [2.05, 4.69) is 15.3 Å². The SMILES string of the molecule is CCCCn1c(=O)[nH]c(=O)c2c1nc(CNc1cccc(S(C)(=O)=O)c1)n2CC. The number of imidazole rings is 1. The fourth-order valence-corrected chi connectivity index (χ4v) is 3.90. The van der Waals surface area contributed by atoms with Crippen LogP contribution >= 0.6 is 0 Å². The van der Waals surface area contributed by atoms with Gasteiger partial charge in [0.15, 0.2) is 21.0 Å². The lowest BCUT2D eigenvalue weighted by Crippen LogP contribution is -2.31. The maximum absolute atomic E-state index is 12.4. The van der Waals surface area contributed by atoms with Crippen LogP contribution in [0.3, 0.4) is 0 Å². The van der Waals surface area contributed by atoms with Gasteiger partial charge in [0.1, 0.15) is 5.82 Å². The summed E-state index contributed by atoms with van der Waals surface area (Å²) in [6, 6.07) is 6.51. The zero-order chi connectivity index (χ0) is 21.2. The van der Waals surface area contributed by atoms with Gasteiger partial charge in [0, 0.05) is 25.0 Å². The van der Waals surface area contributed by atoms with Gasteiger partial charge in [-0.2, -0.15) is 0 Å². The normalized spacial score (nSPS) is 11.8. The summed E-state index contributed by atoms with van der Waals surface area (Å²) in [5, 5.41) is 3.16. The van der Waals surface area contributed by atoms with Crippen LogP contribution in [0.1, 0.15) is 32.5 Å². The first-order chi connectivity index (χ1) is 13.8. The molecule has 0 aliphatic carbocycles. The summed E-state index contributed by atoms with van der Waals surface area (Å²) in [6.07, 6.45) is 2.86. The number of fused-ring (bicyclic) bond motifs is 1. The molecule has 0 aliphatic heterocycles. The number of hydrogen-bond acceptors (Lipinski definition) is 6. The number of aromatic nitrogens is 4. The predicted octanol–water partition coefficient (Wildman–Crippen LogP) is 1.72. The molecule has 3 rings (SSSR count). The molecule has 2 aromatic heterocycles. The molecular weight excluding hydrogens is 394 g/mol. The average Bonchev–Trinajstić information content (AvgIpc) is 3.04. The van der Waals surface area contributed by atoms with E-state index in [9.17, 15) is 18.0 Å². The zero-order valence-corrected chi connectivity index (χ0v) is 17.5. The van der Waals surface area contributed by atoms with Crippen LogP contribution in [-0.2, 0) is 29.5 Å². The lowest BCUT2D eigenvalue weighted by atomic mass is 10.3. The summed E-state index contributed by atoms with van der Waals surface area (Å²) < 4.78 is 26.8. The number of unbranched alkanes of at least 4 members (excludes halogenated alkanes) is 1. The highest BCUT2D eigenvalue weighted by molar-refractivity contribution is 7.90. The molecule has 0 fully saturated rings. The van der Waals surface area contributed by atoms with E-state index in [0.717, 1.165) is 19.1 Å². The van der Waals surface area contributed by atoms with Crippen LogP contribution in [0.15, 0.2) is 38.8 Å². The third kappa shape index (κ3) is 4.26. The smallest absolute Gasteiger partial charge is 0.330 e. The van der Waals surface area contributed by atoms with Crippen LogP contribution in [0, 0.1) is 0 Å². The third-order valence-corrected chi connectivity index (χ3v) is 5.84. The van der Waals surface area contributed by atoms with Gasteiger partial charge in [-0.3, -0.25) is 14.3 Å². The minimum atomic E-state index is -3.31. The van der Waals surface area contributed by atoms with E-state index >= 15 is 0 Å². The summed E-state index contributed by atoms with van der Waals surface area (Å²) in [5.41, 5.74) is 0.440.